The number of rotatable bonds is 5. The zero-order valence-corrected chi connectivity index (χ0v) is 10.7. The van der Waals surface area contributed by atoms with E-state index in [1.807, 2.05) is 0 Å². The SMILES string of the molecule is CCCC(C(C)C(C)C)C1CCC1C. The third kappa shape index (κ3) is 2.52. The molecule has 0 aromatic carbocycles. The zero-order valence-electron chi connectivity index (χ0n) is 10.7. The number of hydrogen-bond acceptors (Lipinski definition) is 0. The van der Waals surface area contributed by atoms with Gasteiger partial charge in [0.2, 0.25) is 0 Å². The minimum Gasteiger partial charge on any atom is -0.0654 e. The topological polar surface area (TPSA) is 0 Å². The summed E-state index contributed by atoms with van der Waals surface area (Å²) >= 11 is 0. The molecule has 0 amide bonds. The molecule has 14 heavy (non-hydrogen) atoms. The fourth-order valence-corrected chi connectivity index (χ4v) is 3.02. The second kappa shape index (κ2) is 5.19. The van der Waals surface area contributed by atoms with Crippen molar-refractivity contribution in [1.29, 1.82) is 0 Å². The summed E-state index contributed by atoms with van der Waals surface area (Å²) in [7, 11) is 0. The van der Waals surface area contributed by atoms with E-state index in [4.69, 9.17) is 0 Å². The Hall–Kier alpha value is 0. The van der Waals surface area contributed by atoms with E-state index in [1.165, 1.54) is 25.7 Å². The quantitative estimate of drug-likeness (QED) is 0.595. The normalized spacial score (nSPS) is 31.3. The van der Waals surface area contributed by atoms with Crippen LogP contribution in [0.15, 0.2) is 0 Å². The fourth-order valence-electron chi connectivity index (χ4n) is 3.02. The van der Waals surface area contributed by atoms with Gasteiger partial charge in [0, 0.05) is 0 Å². The highest BCUT2D eigenvalue weighted by Crippen LogP contribution is 2.45. The molecule has 0 aliphatic heterocycles. The van der Waals surface area contributed by atoms with Gasteiger partial charge in [0.25, 0.3) is 0 Å². The van der Waals surface area contributed by atoms with Crippen molar-refractivity contribution in [3.8, 4) is 0 Å². The average molecular weight is 196 g/mol. The highest BCUT2D eigenvalue weighted by molar-refractivity contribution is 4.86. The van der Waals surface area contributed by atoms with Crippen LogP contribution in [-0.4, -0.2) is 0 Å². The molecule has 1 aliphatic carbocycles. The molecule has 0 heterocycles. The summed E-state index contributed by atoms with van der Waals surface area (Å²) in [4.78, 5) is 0. The Balaban J connectivity index is 2.53. The van der Waals surface area contributed by atoms with E-state index in [2.05, 4.69) is 34.6 Å². The van der Waals surface area contributed by atoms with Crippen molar-refractivity contribution in [1.82, 2.24) is 0 Å². The molecular formula is C14H28. The smallest absolute Gasteiger partial charge is 0.0355 e. The van der Waals surface area contributed by atoms with Crippen LogP contribution in [0, 0.1) is 29.6 Å². The van der Waals surface area contributed by atoms with Crippen LogP contribution in [0.25, 0.3) is 0 Å². The monoisotopic (exact) mass is 196 g/mol. The highest BCUT2D eigenvalue weighted by atomic mass is 14.4. The molecule has 0 saturated heterocycles. The Morgan fingerprint density at radius 2 is 1.79 bits per heavy atom. The second-order valence-corrected chi connectivity index (χ2v) is 5.77. The Morgan fingerprint density at radius 3 is 2.07 bits per heavy atom. The van der Waals surface area contributed by atoms with E-state index in [0.29, 0.717) is 0 Å². The van der Waals surface area contributed by atoms with E-state index in [1.54, 1.807) is 0 Å². The van der Waals surface area contributed by atoms with Gasteiger partial charge in [-0.15, -0.1) is 0 Å². The van der Waals surface area contributed by atoms with Crippen LogP contribution in [0.5, 0.6) is 0 Å². The third-order valence-corrected chi connectivity index (χ3v) is 4.59. The first-order valence-electron chi connectivity index (χ1n) is 6.57. The molecule has 1 rings (SSSR count). The summed E-state index contributed by atoms with van der Waals surface area (Å²) < 4.78 is 0. The van der Waals surface area contributed by atoms with E-state index in [9.17, 15) is 0 Å². The van der Waals surface area contributed by atoms with E-state index in [-0.39, 0.29) is 0 Å². The van der Waals surface area contributed by atoms with Crippen LogP contribution < -0.4 is 0 Å². The molecule has 0 heteroatoms. The Bertz CT molecular complexity index is 153. The van der Waals surface area contributed by atoms with Crippen LogP contribution in [0.3, 0.4) is 0 Å². The lowest BCUT2D eigenvalue weighted by molar-refractivity contribution is 0.0601. The van der Waals surface area contributed by atoms with Crippen molar-refractivity contribution in [3.05, 3.63) is 0 Å². The average Bonchev–Trinajstić information content (AvgIpc) is 2.13. The summed E-state index contributed by atoms with van der Waals surface area (Å²) in [6, 6.07) is 0. The molecule has 0 spiro atoms. The van der Waals surface area contributed by atoms with Gasteiger partial charge in [-0.05, 0) is 36.0 Å². The predicted molar refractivity (Wildman–Crippen MR) is 64.3 cm³/mol. The molecule has 0 aromatic heterocycles. The van der Waals surface area contributed by atoms with Crippen molar-refractivity contribution < 1.29 is 0 Å². The summed E-state index contributed by atoms with van der Waals surface area (Å²) in [5.41, 5.74) is 0. The molecule has 84 valence electrons. The predicted octanol–water partition coefficient (Wildman–Crippen LogP) is 4.74. The van der Waals surface area contributed by atoms with E-state index in [0.717, 1.165) is 29.6 Å². The van der Waals surface area contributed by atoms with Crippen LogP contribution in [-0.2, 0) is 0 Å². The molecule has 0 aromatic rings. The number of hydrogen-bond donors (Lipinski definition) is 0. The minimum atomic E-state index is 0.861. The maximum atomic E-state index is 2.47. The Morgan fingerprint density at radius 1 is 1.14 bits per heavy atom. The van der Waals surface area contributed by atoms with Crippen molar-refractivity contribution in [2.45, 2.75) is 60.3 Å². The van der Waals surface area contributed by atoms with Gasteiger partial charge in [-0.1, -0.05) is 53.9 Å². The van der Waals surface area contributed by atoms with Gasteiger partial charge in [0.05, 0.1) is 0 Å². The molecular weight excluding hydrogens is 168 g/mol. The largest absolute Gasteiger partial charge is 0.0654 e. The van der Waals surface area contributed by atoms with Gasteiger partial charge in [0.1, 0.15) is 0 Å². The highest BCUT2D eigenvalue weighted by Gasteiger charge is 2.36. The first-order valence-corrected chi connectivity index (χ1v) is 6.57. The zero-order chi connectivity index (χ0) is 10.7. The minimum absolute atomic E-state index is 0.861. The van der Waals surface area contributed by atoms with E-state index < -0.39 is 0 Å². The molecule has 0 N–H and O–H groups in total. The third-order valence-electron chi connectivity index (χ3n) is 4.59. The van der Waals surface area contributed by atoms with Gasteiger partial charge in [-0.2, -0.15) is 0 Å². The van der Waals surface area contributed by atoms with Crippen LogP contribution in [0.4, 0.5) is 0 Å². The maximum Gasteiger partial charge on any atom is -0.0355 e. The lowest BCUT2D eigenvalue weighted by Crippen LogP contribution is -2.35. The molecule has 4 unspecified atom stereocenters. The van der Waals surface area contributed by atoms with Crippen LogP contribution in [0.1, 0.15) is 60.3 Å². The maximum absolute atomic E-state index is 2.47. The van der Waals surface area contributed by atoms with E-state index >= 15 is 0 Å². The first-order chi connectivity index (χ1) is 6.57. The summed E-state index contributed by atoms with van der Waals surface area (Å²) in [6.45, 7) is 12.0. The summed E-state index contributed by atoms with van der Waals surface area (Å²) in [5, 5.41) is 0. The van der Waals surface area contributed by atoms with Crippen molar-refractivity contribution >= 4 is 0 Å². The fraction of sp³-hybridized carbons (Fsp3) is 1.00. The Labute approximate surface area is 90.5 Å². The summed E-state index contributed by atoms with van der Waals surface area (Å²) in [5.74, 6) is 4.84. The summed E-state index contributed by atoms with van der Waals surface area (Å²) in [6.07, 6.45) is 5.80. The van der Waals surface area contributed by atoms with Gasteiger partial charge in [0.15, 0.2) is 0 Å². The molecule has 1 fully saturated rings. The first kappa shape index (κ1) is 12.1. The molecule has 0 nitrogen and oxygen atoms in total. The van der Waals surface area contributed by atoms with Crippen LogP contribution >= 0.6 is 0 Å². The van der Waals surface area contributed by atoms with Crippen molar-refractivity contribution in [2.75, 3.05) is 0 Å². The Kier molecular flexibility index (Phi) is 4.47. The van der Waals surface area contributed by atoms with Gasteiger partial charge in [-0.3, -0.25) is 0 Å². The molecule has 0 bridgehead atoms. The second-order valence-electron chi connectivity index (χ2n) is 5.77. The molecule has 0 radical (unpaired) electrons. The van der Waals surface area contributed by atoms with Crippen molar-refractivity contribution in [3.63, 3.8) is 0 Å². The van der Waals surface area contributed by atoms with Gasteiger partial charge in [-0.25, -0.2) is 0 Å². The lowest BCUT2D eigenvalue weighted by atomic mass is 9.62. The molecule has 1 saturated carbocycles. The molecule has 1 aliphatic rings. The van der Waals surface area contributed by atoms with Crippen molar-refractivity contribution in [2.24, 2.45) is 29.6 Å². The standard InChI is InChI=1S/C14H28/c1-6-7-14(12(5)10(2)3)13-9-8-11(13)4/h10-14H,6-9H2,1-5H3. The van der Waals surface area contributed by atoms with Crippen LogP contribution in [0.2, 0.25) is 0 Å². The molecule has 4 atom stereocenters. The van der Waals surface area contributed by atoms with Gasteiger partial charge >= 0.3 is 0 Å². The lowest BCUT2D eigenvalue weighted by Gasteiger charge is -2.44. The van der Waals surface area contributed by atoms with Gasteiger partial charge < -0.3 is 0 Å².